The number of ether oxygens (including phenoxy) is 1. The lowest BCUT2D eigenvalue weighted by Crippen LogP contribution is -2.52. The molecule has 3 rings (SSSR count). The summed E-state index contributed by atoms with van der Waals surface area (Å²) < 4.78 is 5.38. The van der Waals surface area contributed by atoms with Gasteiger partial charge in [0.05, 0.1) is 0 Å². The number of amides is 1. The number of hydrogen-bond acceptors (Lipinski definition) is 4. The van der Waals surface area contributed by atoms with Gasteiger partial charge < -0.3 is 15.0 Å². The maximum Gasteiger partial charge on any atom is 0.410 e. The molecule has 130 valence electrons. The fraction of sp³-hybridized carbons (Fsp3) is 0.562. The zero-order valence-electron chi connectivity index (χ0n) is 13.1. The molecule has 0 saturated carbocycles. The zero-order valence-corrected chi connectivity index (χ0v) is 14.8. The Hall–Kier alpha value is -1.01. The van der Waals surface area contributed by atoms with Gasteiger partial charge in [-0.2, -0.15) is 0 Å². The van der Waals surface area contributed by atoms with Crippen LogP contribution in [0.2, 0.25) is 0 Å². The molecule has 1 N–H and O–H groups in total. The van der Waals surface area contributed by atoms with Crippen molar-refractivity contribution in [3.63, 3.8) is 0 Å². The van der Waals surface area contributed by atoms with Crippen LogP contribution < -0.4 is 5.32 Å². The number of hydrogen-bond donors (Lipinski definition) is 1. The Morgan fingerprint density at radius 3 is 2.43 bits per heavy atom. The first-order valence-electron chi connectivity index (χ1n) is 7.73. The molecule has 1 amide bonds. The van der Waals surface area contributed by atoms with Crippen LogP contribution in [-0.4, -0.2) is 61.2 Å². The summed E-state index contributed by atoms with van der Waals surface area (Å²) in [4.78, 5) is 16.4. The number of piperazine rings is 1. The SMILES string of the molecule is Cl.Cl.O=C(OCc1ccccc1)N1CCN(C2CCNC2)CC1. The maximum atomic E-state index is 12.1. The van der Waals surface area contributed by atoms with E-state index in [9.17, 15) is 4.79 Å². The highest BCUT2D eigenvalue weighted by atomic mass is 35.5. The topological polar surface area (TPSA) is 44.8 Å². The van der Waals surface area contributed by atoms with Gasteiger partial charge in [-0.05, 0) is 18.5 Å². The quantitative estimate of drug-likeness (QED) is 0.895. The maximum absolute atomic E-state index is 12.1. The van der Waals surface area contributed by atoms with Gasteiger partial charge in [0.1, 0.15) is 6.61 Å². The van der Waals surface area contributed by atoms with Gasteiger partial charge in [0.15, 0.2) is 0 Å². The summed E-state index contributed by atoms with van der Waals surface area (Å²) in [7, 11) is 0. The Morgan fingerprint density at radius 2 is 1.83 bits per heavy atom. The molecule has 2 saturated heterocycles. The van der Waals surface area contributed by atoms with Crippen LogP contribution in [0.15, 0.2) is 30.3 Å². The number of carbonyl (C=O) groups is 1. The van der Waals surface area contributed by atoms with Crippen molar-refractivity contribution < 1.29 is 9.53 Å². The lowest BCUT2D eigenvalue weighted by atomic mass is 10.2. The second-order valence-electron chi connectivity index (χ2n) is 5.71. The van der Waals surface area contributed by atoms with E-state index in [2.05, 4.69) is 10.2 Å². The fourth-order valence-electron chi connectivity index (χ4n) is 3.03. The molecule has 2 heterocycles. The van der Waals surface area contributed by atoms with E-state index in [-0.39, 0.29) is 30.9 Å². The molecular weight excluding hydrogens is 337 g/mol. The van der Waals surface area contributed by atoms with E-state index in [1.807, 2.05) is 35.2 Å². The number of nitrogens with one attached hydrogen (secondary N) is 1. The van der Waals surface area contributed by atoms with Gasteiger partial charge in [0.2, 0.25) is 0 Å². The van der Waals surface area contributed by atoms with E-state index in [1.165, 1.54) is 6.42 Å². The first kappa shape index (κ1) is 20.0. The third-order valence-electron chi connectivity index (χ3n) is 4.33. The molecule has 7 heteroatoms. The highest BCUT2D eigenvalue weighted by Gasteiger charge is 2.28. The molecule has 0 radical (unpaired) electrons. The summed E-state index contributed by atoms with van der Waals surface area (Å²) in [5, 5.41) is 3.40. The third-order valence-corrected chi connectivity index (χ3v) is 4.33. The molecule has 1 atom stereocenters. The van der Waals surface area contributed by atoms with Crippen LogP contribution in [0.1, 0.15) is 12.0 Å². The van der Waals surface area contributed by atoms with Gasteiger partial charge in [-0.1, -0.05) is 30.3 Å². The summed E-state index contributed by atoms with van der Waals surface area (Å²) in [6, 6.07) is 10.5. The largest absolute Gasteiger partial charge is 0.445 e. The molecular formula is C16H25Cl2N3O2. The van der Waals surface area contributed by atoms with Crippen LogP contribution in [0.25, 0.3) is 0 Å². The summed E-state index contributed by atoms with van der Waals surface area (Å²) in [6.45, 7) is 5.99. The zero-order chi connectivity index (χ0) is 14.5. The predicted molar refractivity (Wildman–Crippen MR) is 95.5 cm³/mol. The lowest BCUT2D eigenvalue weighted by Gasteiger charge is -2.37. The van der Waals surface area contributed by atoms with Crippen molar-refractivity contribution in [3.8, 4) is 0 Å². The van der Waals surface area contributed by atoms with Gasteiger partial charge in [0.25, 0.3) is 0 Å². The van der Waals surface area contributed by atoms with Crippen molar-refractivity contribution >= 4 is 30.9 Å². The summed E-state index contributed by atoms with van der Waals surface area (Å²) in [6.07, 6.45) is 1.03. The number of carbonyl (C=O) groups excluding carboxylic acids is 1. The van der Waals surface area contributed by atoms with E-state index >= 15 is 0 Å². The van der Waals surface area contributed by atoms with E-state index in [4.69, 9.17) is 4.74 Å². The standard InChI is InChI=1S/C16H23N3O2.2ClH/c20-16(21-13-14-4-2-1-3-5-14)19-10-8-18(9-11-19)15-6-7-17-12-15;;/h1-5,15,17H,6-13H2;2*1H. The molecule has 0 aliphatic carbocycles. The van der Waals surface area contributed by atoms with Gasteiger partial charge in [-0.15, -0.1) is 24.8 Å². The van der Waals surface area contributed by atoms with Gasteiger partial charge >= 0.3 is 6.09 Å². The second-order valence-corrected chi connectivity index (χ2v) is 5.71. The first-order chi connectivity index (χ1) is 10.3. The molecule has 23 heavy (non-hydrogen) atoms. The predicted octanol–water partition coefficient (Wildman–Crippen LogP) is 2.15. The second kappa shape index (κ2) is 9.98. The van der Waals surface area contributed by atoms with Gasteiger partial charge in [-0.3, -0.25) is 4.90 Å². The molecule has 1 unspecified atom stereocenters. The lowest BCUT2D eigenvalue weighted by molar-refractivity contribution is 0.0622. The van der Waals surface area contributed by atoms with Crippen molar-refractivity contribution in [3.05, 3.63) is 35.9 Å². The van der Waals surface area contributed by atoms with E-state index in [0.717, 1.165) is 44.8 Å². The minimum atomic E-state index is -0.192. The minimum Gasteiger partial charge on any atom is -0.445 e. The molecule has 2 aliphatic rings. The van der Waals surface area contributed by atoms with Crippen molar-refractivity contribution in [2.45, 2.75) is 19.1 Å². The van der Waals surface area contributed by atoms with E-state index in [1.54, 1.807) is 0 Å². The number of benzene rings is 1. The van der Waals surface area contributed by atoms with Crippen molar-refractivity contribution in [1.82, 2.24) is 15.1 Å². The van der Waals surface area contributed by atoms with Crippen LogP contribution in [-0.2, 0) is 11.3 Å². The molecule has 1 aromatic carbocycles. The van der Waals surface area contributed by atoms with Crippen LogP contribution in [0.5, 0.6) is 0 Å². The minimum absolute atomic E-state index is 0. The monoisotopic (exact) mass is 361 g/mol. The number of rotatable bonds is 3. The van der Waals surface area contributed by atoms with Gasteiger partial charge in [-0.25, -0.2) is 4.79 Å². The average molecular weight is 362 g/mol. The smallest absolute Gasteiger partial charge is 0.410 e. The molecule has 1 aromatic rings. The van der Waals surface area contributed by atoms with Crippen molar-refractivity contribution in [1.29, 1.82) is 0 Å². The normalized spacial score (nSPS) is 21.2. The molecule has 0 aromatic heterocycles. The average Bonchev–Trinajstić information content (AvgIpc) is 3.08. The summed E-state index contributed by atoms with van der Waals surface area (Å²) >= 11 is 0. The summed E-state index contributed by atoms with van der Waals surface area (Å²) in [5.41, 5.74) is 1.03. The number of nitrogens with zero attached hydrogens (tertiary/aromatic N) is 2. The summed E-state index contributed by atoms with van der Waals surface area (Å²) in [5.74, 6) is 0. The fourth-order valence-corrected chi connectivity index (χ4v) is 3.03. The van der Waals surface area contributed by atoms with Crippen LogP contribution in [0.4, 0.5) is 4.79 Å². The Labute approximate surface area is 150 Å². The van der Waals surface area contributed by atoms with E-state index < -0.39 is 0 Å². The highest BCUT2D eigenvalue weighted by Crippen LogP contribution is 2.13. The van der Waals surface area contributed by atoms with Crippen molar-refractivity contribution in [2.24, 2.45) is 0 Å². The van der Waals surface area contributed by atoms with Crippen LogP contribution in [0.3, 0.4) is 0 Å². The first-order valence-corrected chi connectivity index (χ1v) is 7.73. The Bertz CT molecular complexity index is 462. The molecule has 2 aliphatic heterocycles. The highest BCUT2D eigenvalue weighted by molar-refractivity contribution is 5.85. The molecule has 5 nitrogen and oxygen atoms in total. The van der Waals surface area contributed by atoms with Crippen LogP contribution in [0, 0.1) is 0 Å². The van der Waals surface area contributed by atoms with Crippen molar-refractivity contribution in [2.75, 3.05) is 39.3 Å². The third kappa shape index (κ3) is 5.53. The van der Waals surface area contributed by atoms with Crippen LogP contribution >= 0.6 is 24.8 Å². The Kier molecular flexibility index (Phi) is 8.69. The van der Waals surface area contributed by atoms with Gasteiger partial charge in [0, 0.05) is 38.8 Å². The number of halogens is 2. The molecule has 2 fully saturated rings. The Morgan fingerprint density at radius 1 is 1.13 bits per heavy atom. The molecule has 0 bridgehead atoms. The van der Waals surface area contributed by atoms with E-state index in [0.29, 0.717) is 12.6 Å². The Balaban J connectivity index is 0.00000132. The molecule has 0 spiro atoms.